The van der Waals surface area contributed by atoms with Crippen molar-refractivity contribution in [3.8, 4) is 0 Å². The number of carboxylic acids is 1. The summed E-state index contributed by atoms with van der Waals surface area (Å²) in [5.41, 5.74) is -0.693. The molecule has 3 nitrogen and oxygen atoms in total. The minimum Gasteiger partial charge on any atom is -0.477 e. The van der Waals surface area contributed by atoms with Gasteiger partial charge >= 0.3 is 12.1 Å². The molecule has 1 heterocycles. The summed E-state index contributed by atoms with van der Waals surface area (Å²) >= 11 is 2.63. The molecule has 1 aliphatic rings. The van der Waals surface area contributed by atoms with Crippen molar-refractivity contribution in [3.05, 3.63) is 51.3 Å². The van der Waals surface area contributed by atoms with Crippen LogP contribution < -0.4 is 0 Å². The van der Waals surface area contributed by atoms with Gasteiger partial charge in [-0.1, -0.05) is 18.2 Å². The molecule has 1 saturated heterocycles. The van der Waals surface area contributed by atoms with Gasteiger partial charge in [0.15, 0.2) is 5.78 Å². The van der Waals surface area contributed by atoms with Crippen LogP contribution in [0.5, 0.6) is 0 Å². The van der Waals surface area contributed by atoms with Gasteiger partial charge in [-0.15, -0.1) is 23.5 Å². The Bertz CT molecular complexity index is 668. The fourth-order valence-electron chi connectivity index (χ4n) is 1.79. The standard InChI is InChI=1S/C15H11F3O3S2/c16-15(17,18)10-4-1-9(2-5-10)3-6-11(19)12(13(20)21)14-22-7-8-23-14/h1-6H,7-8H2,(H,20,21)/b6-3+. The van der Waals surface area contributed by atoms with E-state index in [4.69, 9.17) is 5.11 Å². The second-order valence-corrected chi connectivity index (χ2v) is 6.95. The van der Waals surface area contributed by atoms with Crippen LogP contribution in [0.25, 0.3) is 6.08 Å². The van der Waals surface area contributed by atoms with E-state index in [1.165, 1.54) is 41.7 Å². The third-order valence-electron chi connectivity index (χ3n) is 2.88. The van der Waals surface area contributed by atoms with Crippen LogP contribution in [-0.4, -0.2) is 28.4 Å². The largest absolute Gasteiger partial charge is 0.477 e. The maximum Gasteiger partial charge on any atom is 0.416 e. The second-order valence-electron chi connectivity index (χ2n) is 4.48. The highest BCUT2D eigenvalue weighted by atomic mass is 32.2. The molecule has 8 heteroatoms. The lowest BCUT2D eigenvalue weighted by Gasteiger charge is -2.06. The number of ketones is 1. The number of carboxylic acid groups (broad SMARTS) is 1. The summed E-state index contributed by atoms with van der Waals surface area (Å²) < 4.78 is 37.8. The molecule has 122 valence electrons. The number of aliphatic carboxylic acids is 1. The molecule has 0 saturated carbocycles. The van der Waals surface area contributed by atoms with Gasteiger partial charge in [-0.25, -0.2) is 4.79 Å². The predicted octanol–water partition coefficient (Wildman–Crippen LogP) is 4.06. The van der Waals surface area contributed by atoms with Crippen molar-refractivity contribution in [1.82, 2.24) is 0 Å². The molecular weight excluding hydrogens is 349 g/mol. The molecule has 0 radical (unpaired) electrons. The summed E-state index contributed by atoms with van der Waals surface area (Å²) in [5.74, 6) is -0.488. The van der Waals surface area contributed by atoms with E-state index in [0.717, 1.165) is 29.7 Å². The molecule has 0 bridgehead atoms. The van der Waals surface area contributed by atoms with Crippen molar-refractivity contribution in [1.29, 1.82) is 0 Å². The molecule has 1 aromatic rings. The first-order valence-corrected chi connectivity index (χ1v) is 8.39. The van der Waals surface area contributed by atoms with Gasteiger partial charge in [0.05, 0.1) is 9.80 Å². The summed E-state index contributed by atoms with van der Waals surface area (Å²) in [4.78, 5) is 23.3. The fourth-order valence-corrected chi connectivity index (χ4v) is 4.32. The monoisotopic (exact) mass is 360 g/mol. The van der Waals surface area contributed by atoms with Crippen LogP contribution in [0.15, 0.2) is 40.2 Å². The quantitative estimate of drug-likeness (QED) is 0.498. The highest BCUT2D eigenvalue weighted by Gasteiger charge is 2.29. The number of benzene rings is 1. The Morgan fingerprint density at radius 1 is 1.09 bits per heavy atom. The number of allylic oxidation sites excluding steroid dienone is 1. The topological polar surface area (TPSA) is 54.4 Å². The molecule has 1 N–H and O–H groups in total. The molecule has 1 aliphatic heterocycles. The number of halogens is 3. The van der Waals surface area contributed by atoms with Crippen LogP contribution in [0.2, 0.25) is 0 Å². The Hall–Kier alpha value is -1.67. The Labute approximate surface area is 138 Å². The van der Waals surface area contributed by atoms with E-state index >= 15 is 0 Å². The number of carbonyl (C=O) groups excluding carboxylic acids is 1. The highest BCUT2D eigenvalue weighted by molar-refractivity contribution is 8.25. The molecule has 0 atom stereocenters. The van der Waals surface area contributed by atoms with E-state index in [-0.39, 0.29) is 5.57 Å². The van der Waals surface area contributed by atoms with E-state index in [9.17, 15) is 22.8 Å². The molecule has 0 aliphatic carbocycles. The molecule has 23 heavy (non-hydrogen) atoms. The average molecular weight is 360 g/mol. The lowest BCUT2D eigenvalue weighted by atomic mass is 10.1. The summed E-state index contributed by atoms with van der Waals surface area (Å²) in [6.45, 7) is 0. The van der Waals surface area contributed by atoms with E-state index in [2.05, 4.69) is 0 Å². The molecule has 0 amide bonds. The zero-order valence-electron chi connectivity index (χ0n) is 11.6. The number of rotatable bonds is 4. The van der Waals surface area contributed by atoms with E-state index in [1.807, 2.05) is 0 Å². The Morgan fingerprint density at radius 3 is 2.13 bits per heavy atom. The predicted molar refractivity (Wildman–Crippen MR) is 85.1 cm³/mol. The molecular formula is C15H11F3O3S2. The van der Waals surface area contributed by atoms with Crippen molar-refractivity contribution in [2.45, 2.75) is 6.18 Å². The SMILES string of the molecule is O=C(O)C(C(=O)/C=C/c1ccc(C(F)(F)F)cc1)=C1SCCS1. The van der Waals surface area contributed by atoms with Crippen LogP contribution in [-0.2, 0) is 15.8 Å². The number of hydrogen-bond donors (Lipinski definition) is 1. The maximum atomic E-state index is 12.5. The van der Waals surface area contributed by atoms with Crippen LogP contribution in [0, 0.1) is 0 Å². The van der Waals surface area contributed by atoms with E-state index in [1.54, 1.807) is 0 Å². The molecule has 0 aromatic heterocycles. The number of carbonyl (C=O) groups is 2. The van der Waals surface area contributed by atoms with Crippen LogP contribution in [0.1, 0.15) is 11.1 Å². The Morgan fingerprint density at radius 2 is 1.65 bits per heavy atom. The zero-order chi connectivity index (χ0) is 17.0. The Balaban J connectivity index is 2.17. The van der Waals surface area contributed by atoms with Gasteiger partial charge in [0.2, 0.25) is 0 Å². The smallest absolute Gasteiger partial charge is 0.416 e. The van der Waals surface area contributed by atoms with Gasteiger partial charge in [0, 0.05) is 11.5 Å². The summed E-state index contributed by atoms with van der Waals surface area (Å²) in [7, 11) is 0. The molecule has 0 unspecified atom stereocenters. The van der Waals surface area contributed by atoms with Gasteiger partial charge in [0.25, 0.3) is 0 Å². The van der Waals surface area contributed by atoms with Crippen LogP contribution >= 0.6 is 23.5 Å². The first kappa shape index (κ1) is 17.7. The molecule has 1 aromatic carbocycles. The van der Waals surface area contributed by atoms with Gasteiger partial charge in [-0.3, -0.25) is 4.79 Å². The number of thioether (sulfide) groups is 2. The summed E-state index contributed by atoms with van der Waals surface area (Å²) in [5, 5.41) is 9.16. The number of hydrogen-bond acceptors (Lipinski definition) is 4. The first-order valence-electron chi connectivity index (χ1n) is 6.42. The molecule has 0 spiro atoms. The highest BCUT2D eigenvalue weighted by Crippen LogP contribution is 2.39. The molecule has 1 fully saturated rings. The van der Waals surface area contributed by atoms with Crippen molar-refractivity contribution in [2.24, 2.45) is 0 Å². The average Bonchev–Trinajstić information content (AvgIpc) is 2.98. The van der Waals surface area contributed by atoms with Crippen molar-refractivity contribution in [3.63, 3.8) is 0 Å². The minimum atomic E-state index is -4.42. The van der Waals surface area contributed by atoms with Crippen LogP contribution in [0.4, 0.5) is 13.2 Å². The molecule has 2 rings (SSSR count). The van der Waals surface area contributed by atoms with Crippen molar-refractivity contribution < 1.29 is 27.9 Å². The second kappa shape index (κ2) is 7.27. The van der Waals surface area contributed by atoms with Gasteiger partial charge < -0.3 is 5.11 Å². The summed E-state index contributed by atoms with van der Waals surface area (Å²) in [6.07, 6.45) is -2.05. The van der Waals surface area contributed by atoms with Gasteiger partial charge in [-0.2, -0.15) is 13.2 Å². The lowest BCUT2D eigenvalue weighted by Crippen LogP contribution is -2.11. The van der Waals surface area contributed by atoms with Crippen molar-refractivity contribution >= 4 is 41.4 Å². The maximum absolute atomic E-state index is 12.5. The van der Waals surface area contributed by atoms with E-state index in [0.29, 0.717) is 9.80 Å². The van der Waals surface area contributed by atoms with Gasteiger partial charge in [0.1, 0.15) is 5.57 Å². The van der Waals surface area contributed by atoms with Gasteiger partial charge in [-0.05, 0) is 23.8 Å². The van der Waals surface area contributed by atoms with Crippen molar-refractivity contribution in [2.75, 3.05) is 11.5 Å². The Kier molecular flexibility index (Phi) is 5.59. The third kappa shape index (κ3) is 4.65. The zero-order valence-corrected chi connectivity index (χ0v) is 13.2. The normalized spacial score (nSPS) is 15.2. The van der Waals surface area contributed by atoms with Crippen LogP contribution in [0.3, 0.4) is 0 Å². The third-order valence-corrected chi connectivity index (χ3v) is 5.59. The fraction of sp³-hybridized carbons (Fsp3) is 0.200. The van der Waals surface area contributed by atoms with E-state index < -0.39 is 23.5 Å². The lowest BCUT2D eigenvalue weighted by molar-refractivity contribution is -0.137. The summed E-state index contributed by atoms with van der Waals surface area (Å²) in [6, 6.07) is 4.26. The number of alkyl halides is 3. The first-order chi connectivity index (χ1) is 10.8. The minimum absolute atomic E-state index is 0.291.